The van der Waals surface area contributed by atoms with Gasteiger partial charge in [-0.25, -0.2) is 9.18 Å². The molecule has 0 aromatic heterocycles. The van der Waals surface area contributed by atoms with Gasteiger partial charge in [0.1, 0.15) is 12.4 Å². The van der Waals surface area contributed by atoms with Gasteiger partial charge in [0.15, 0.2) is 0 Å². The first-order valence-corrected chi connectivity index (χ1v) is 6.08. The molecule has 1 saturated carbocycles. The third-order valence-corrected chi connectivity index (χ3v) is 3.03. The molecule has 0 heterocycles. The average molecular weight is 252 g/mol. The van der Waals surface area contributed by atoms with Crippen molar-refractivity contribution in [3.05, 3.63) is 35.6 Å². The Morgan fingerprint density at radius 1 is 1.44 bits per heavy atom. The number of ether oxygens (including phenoxy) is 1. The average Bonchev–Trinajstić information content (AvgIpc) is 3.15. The van der Waals surface area contributed by atoms with Gasteiger partial charge in [-0.3, -0.25) is 0 Å². The molecule has 1 atom stereocenters. The zero-order valence-corrected chi connectivity index (χ0v) is 10.1. The van der Waals surface area contributed by atoms with Gasteiger partial charge in [-0.1, -0.05) is 12.1 Å². The summed E-state index contributed by atoms with van der Waals surface area (Å²) in [5, 5.41) is 3.32. The molecule has 1 aliphatic rings. The van der Waals surface area contributed by atoms with Crippen molar-refractivity contribution in [2.45, 2.75) is 18.9 Å². The largest absolute Gasteiger partial charge is 0.448 e. The summed E-state index contributed by atoms with van der Waals surface area (Å²) < 4.78 is 17.5. The first-order chi connectivity index (χ1) is 8.66. The first-order valence-electron chi connectivity index (χ1n) is 6.08. The molecule has 0 bridgehead atoms. The summed E-state index contributed by atoms with van der Waals surface area (Å²) in [6.45, 7) is 0.793. The van der Waals surface area contributed by atoms with Crippen molar-refractivity contribution in [3.8, 4) is 0 Å². The van der Waals surface area contributed by atoms with Gasteiger partial charge in [0.2, 0.25) is 0 Å². The summed E-state index contributed by atoms with van der Waals surface area (Å²) in [6, 6.07) is 6.71. The fourth-order valence-electron chi connectivity index (χ4n) is 2.02. The highest BCUT2D eigenvalue weighted by Crippen LogP contribution is 2.40. The smallest absolute Gasteiger partial charge is 0.404 e. The van der Waals surface area contributed by atoms with E-state index in [4.69, 9.17) is 5.73 Å². The molecule has 1 amide bonds. The number of hydrogen-bond acceptors (Lipinski definition) is 3. The van der Waals surface area contributed by atoms with Gasteiger partial charge >= 0.3 is 6.09 Å². The number of carbonyl (C=O) groups is 1. The van der Waals surface area contributed by atoms with Gasteiger partial charge in [-0.05, 0) is 36.5 Å². The van der Waals surface area contributed by atoms with Crippen molar-refractivity contribution in [2.24, 2.45) is 11.7 Å². The van der Waals surface area contributed by atoms with Crippen molar-refractivity contribution < 1.29 is 13.9 Å². The molecule has 0 saturated heterocycles. The summed E-state index contributed by atoms with van der Waals surface area (Å²) >= 11 is 0. The summed E-state index contributed by atoms with van der Waals surface area (Å²) in [5.74, 6) is 0.356. The molecule has 1 unspecified atom stereocenters. The zero-order chi connectivity index (χ0) is 13.0. The molecule has 18 heavy (non-hydrogen) atoms. The van der Waals surface area contributed by atoms with Crippen LogP contribution in [0.5, 0.6) is 0 Å². The SMILES string of the molecule is NC(=O)OCCNC(c1ccc(F)cc1)C1CC1. The predicted molar refractivity (Wildman–Crippen MR) is 65.4 cm³/mol. The number of hydrogen-bond donors (Lipinski definition) is 2. The predicted octanol–water partition coefficient (Wildman–Crippen LogP) is 1.96. The van der Waals surface area contributed by atoms with Gasteiger partial charge in [0.05, 0.1) is 0 Å². The van der Waals surface area contributed by atoms with Crippen molar-refractivity contribution in [1.82, 2.24) is 5.32 Å². The standard InChI is InChI=1S/C13H17FN2O2/c14-11-5-3-10(4-6-11)12(9-1-2-9)16-7-8-18-13(15)17/h3-6,9,12,16H,1-2,7-8H2,(H2,15,17). The highest BCUT2D eigenvalue weighted by Gasteiger charge is 2.31. The van der Waals surface area contributed by atoms with Gasteiger partial charge < -0.3 is 15.8 Å². The number of nitrogens with one attached hydrogen (secondary N) is 1. The molecule has 2 rings (SSSR count). The van der Waals surface area contributed by atoms with Crippen LogP contribution in [0, 0.1) is 11.7 Å². The van der Waals surface area contributed by atoms with Crippen LogP contribution >= 0.6 is 0 Å². The van der Waals surface area contributed by atoms with Crippen molar-refractivity contribution in [2.75, 3.05) is 13.2 Å². The van der Waals surface area contributed by atoms with E-state index in [2.05, 4.69) is 10.1 Å². The quantitative estimate of drug-likeness (QED) is 0.761. The van der Waals surface area contributed by atoms with Gasteiger partial charge in [-0.15, -0.1) is 0 Å². The Morgan fingerprint density at radius 2 is 2.11 bits per heavy atom. The van der Waals surface area contributed by atoms with Crippen molar-refractivity contribution in [3.63, 3.8) is 0 Å². The number of primary amides is 1. The van der Waals surface area contributed by atoms with E-state index in [0.717, 1.165) is 5.56 Å². The molecule has 0 aliphatic heterocycles. The maximum Gasteiger partial charge on any atom is 0.404 e. The maximum atomic E-state index is 12.9. The summed E-state index contributed by atoms with van der Waals surface area (Å²) in [7, 11) is 0. The third kappa shape index (κ3) is 3.70. The summed E-state index contributed by atoms with van der Waals surface area (Å²) in [6.07, 6.45) is 1.58. The number of amides is 1. The van der Waals surface area contributed by atoms with E-state index in [-0.39, 0.29) is 18.5 Å². The Kier molecular flexibility index (Phi) is 4.15. The van der Waals surface area contributed by atoms with Gasteiger partial charge in [0, 0.05) is 12.6 Å². The summed E-state index contributed by atoms with van der Waals surface area (Å²) in [5.41, 5.74) is 5.95. The Balaban J connectivity index is 1.88. The van der Waals surface area contributed by atoms with Gasteiger partial charge in [-0.2, -0.15) is 0 Å². The third-order valence-electron chi connectivity index (χ3n) is 3.03. The molecule has 1 aromatic carbocycles. The number of halogens is 1. The van der Waals surface area contributed by atoms with E-state index in [1.54, 1.807) is 12.1 Å². The second-order valence-electron chi connectivity index (χ2n) is 4.49. The highest BCUT2D eigenvalue weighted by molar-refractivity contribution is 5.64. The Bertz CT molecular complexity index is 404. The van der Waals surface area contributed by atoms with Crippen molar-refractivity contribution in [1.29, 1.82) is 0 Å². The monoisotopic (exact) mass is 252 g/mol. The van der Waals surface area contributed by atoms with Crippen LogP contribution in [0.2, 0.25) is 0 Å². The number of nitrogens with two attached hydrogens (primary N) is 1. The molecule has 0 spiro atoms. The fourth-order valence-corrected chi connectivity index (χ4v) is 2.02. The van der Waals surface area contributed by atoms with Crippen LogP contribution in [0.15, 0.2) is 24.3 Å². The van der Waals surface area contributed by atoms with Crippen LogP contribution in [-0.4, -0.2) is 19.2 Å². The van der Waals surface area contributed by atoms with Crippen LogP contribution < -0.4 is 11.1 Å². The Labute approximate surface area is 105 Å². The lowest BCUT2D eigenvalue weighted by atomic mass is 10.0. The fraction of sp³-hybridized carbons (Fsp3) is 0.462. The minimum absolute atomic E-state index is 0.196. The minimum Gasteiger partial charge on any atom is -0.448 e. The lowest BCUT2D eigenvalue weighted by Crippen LogP contribution is -2.28. The van der Waals surface area contributed by atoms with E-state index in [9.17, 15) is 9.18 Å². The van der Waals surface area contributed by atoms with E-state index < -0.39 is 6.09 Å². The lowest BCUT2D eigenvalue weighted by Gasteiger charge is -2.18. The highest BCUT2D eigenvalue weighted by atomic mass is 19.1. The molecular formula is C13H17FN2O2. The normalized spacial score (nSPS) is 16.3. The van der Waals surface area contributed by atoms with E-state index >= 15 is 0 Å². The second kappa shape index (κ2) is 5.82. The molecule has 1 aliphatic carbocycles. The molecule has 1 aromatic rings. The van der Waals surface area contributed by atoms with Crippen LogP contribution in [0.1, 0.15) is 24.4 Å². The van der Waals surface area contributed by atoms with Crippen LogP contribution in [-0.2, 0) is 4.74 Å². The van der Waals surface area contributed by atoms with Crippen molar-refractivity contribution >= 4 is 6.09 Å². The molecule has 4 nitrogen and oxygen atoms in total. The second-order valence-corrected chi connectivity index (χ2v) is 4.49. The molecule has 3 N–H and O–H groups in total. The summed E-state index contributed by atoms with van der Waals surface area (Å²) in [4.78, 5) is 10.4. The molecule has 0 radical (unpaired) electrons. The number of benzene rings is 1. The Morgan fingerprint density at radius 3 is 2.67 bits per heavy atom. The van der Waals surface area contributed by atoms with Crippen LogP contribution in [0.3, 0.4) is 0 Å². The molecule has 5 heteroatoms. The van der Waals surface area contributed by atoms with Gasteiger partial charge in [0.25, 0.3) is 0 Å². The van der Waals surface area contributed by atoms with E-state index in [1.165, 1.54) is 25.0 Å². The zero-order valence-electron chi connectivity index (χ0n) is 10.1. The van der Waals surface area contributed by atoms with E-state index in [1.807, 2.05) is 0 Å². The number of carbonyl (C=O) groups excluding carboxylic acids is 1. The van der Waals surface area contributed by atoms with Crippen LogP contribution in [0.25, 0.3) is 0 Å². The molecular weight excluding hydrogens is 235 g/mol. The topological polar surface area (TPSA) is 64.4 Å². The Hall–Kier alpha value is -1.62. The maximum absolute atomic E-state index is 12.9. The molecule has 98 valence electrons. The minimum atomic E-state index is -0.762. The first kappa shape index (κ1) is 12.8. The number of rotatable bonds is 6. The lowest BCUT2D eigenvalue weighted by molar-refractivity contribution is 0.155. The van der Waals surface area contributed by atoms with Crippen LogP contribution in [0.4, 0.5) is 9.18 Å². The molecule has 1 fully saturated rings. The van der Waals surface area contributed by atoms with E-state index in [0.29, 0.717) is 12.5 Å².